The van der Waals surface area contributed by atoms with Crippen LogP contribution in [0, 0.1) is 0 Å². The predicted octanol–water partition coefficient (Wildman–Crippen LogP) is 1.76. The van der Waals surface area contributed by atoms with Crippen molar-refractivity contribution >= 4 is 22.4 Å². The molecule has 0 aromatic carbocycles. The van der Waals surface area contributed by atoms with E-state index in [0.717, 1.165) is 54.5 Å². The molecule has 2 atom stereocenters. The molecule has 2 unspecified atom stereocenters. The first-order chi connectivity index (χ1) is 9.13. The van der Waals surface area contributed by atoms with Gasteiger partial charge < -0.3 is 15.3 Å². The van der Waals surface area contributed by atoms with Crippen LogP contribution in [0.1, 0.15) is 35.8 Å². The Hall–Kier alpha value is -1.14. The third-order valence-electron chi connectivity index (χ3n) is 3.97. The van der Waals surface area contributed by atoms with E-state index in [9.17, 15) is 9.90 Å². The van der Waals surface area contributed by atoms with Crippen molar-refractivity contribution in [3.05, 3.63) is 10.6 Å². The Labute approximate surface area is 116 Å². The average Bonchev–Trinajstić information content (AvgIpc) is 2.94. The van der Waals surface area contributed by atoms with Gasteiger partial charge in [0.25, 0.3) is 0 Å². The first-order valence-corrected chi connectivity index (χ1v) is 7.62. The van der Waals surface area contributed by atoms with E-state index in [2.05, 4.69) is 22.2 Å². The minimum absolute atomic E-state index is 0.401. The Morgan fingerprint density at radius 1 is 1.53 bits per heavy atom. The number of likely N-dealkylation sites (N-methyl/N-ethyl adjacent to an activating group) is 1. The van der Waals surface area contributed by atoms with E-state index in [-0.39, 0.29) is 0 Å². The Morgan fingerprint density at radius 3 is 3.05 bits per heavy atom. The third kappa shape index (κ3) is 2.60. The highest BCUT2D eigenvalue weighted by atomic mass is 32.1. The zero-order valence-corrected chi connectivity index (χ0v) is 11.9. The van der Waals surface area contributed by atoms with Crippen LogP contribution in [0.5, 0.6) is 0 Å². The number of aliphatic carboxylic acids is 1. The van der Waals surface area contributed by atoms with Crippen LogP contribution in [-0.4, -0.2) is 47.1 Å². The van der Waals surface area contributed by atoms with Gasteiger partial charge in [0, 0.05) is 17.5 Å². The summed E-state index contributed by atoms with van der Waals surface area (Å²) in [4.78, 5) is 19.3. The van der Waals surface area contributed by atoms with Gasteiger partial charge in [0.2, 0.25) is 0 Å². The fourth-order valence-electron chi connectivity index (χ4n) is 2.95. The molecule has 0 saturated carbocycles. The van der Waals surface area contributed by atoms with Gasteiger partial charge in [-0.25, -0.2) is 4.98 Å². The number of aromatic nitrogens is 1. The van der Waals surface area contributed by atoms with Crippen molar-refractivity contribution in [1.29, 1.82) is 0 Å². The van der Waals surface area contributed by atoms with Crippen molar-refractivity contribution in [3.63, 3.8) is 0 Å². The maximum absolute atomic E-state index is 11.3. The molecule has 5 nitrogen and oxygen atoms in total. The quantitative estimate of drug-likeness (QED) is 0.884. The highest BCUT2D eigenvalue weighted by molar-refractivity contribution is 7.15. The molecule has 1 aromatic heterocycles. The number of carboxylic acids is 1. The van der Waals surface area contributed by atoms with E-state index in [1.165, 1.54) is 0 Å². The van der Waals surface area contributed by atoms with E-state index in [1.54, 1.807) is 11.3 Å². The first kappa shape index (κ1) is 12.9. The molecular weight excluding hydrogens is 262 g/mol. The third-order valence-corrected chi connectivity index (χ3v) is 5.03. The van der Waals surface area contributed by atoms with Gasteiger partial charge in [-0.2, -0.15) is 0 Å². The summed E-state index contributed by atoms with van der Waals surface area (Å²) in [6.45, 7) is 2.15. The number of nitrogens with one attached hydrogen (secondary N) is 1. The van der Waals surface area contributed by atoms with Crippen molar-refractivity contribution in [2.45, 2.75) is 37.6 Å². The van der Waals surface area contributed by atoms with E-state index >= 15 is 0 Å². The van der Waals surface area contributed by atoms with Crippen LogP contribution < -0.4 is 5.32 Å². The van der Waals surface area contributed by atoms with Gasteiger partial charge in [0.05, 0.1) is 5.69 Å². The second kappa shape index (κ2) is 5.09. The molecule has 1 saturated heterocycles. The Bertz CT molecular complexity index is 488. The van der Waals surface area contributed by atoms with Crippen LogP contribution in [0.15, 0.2) is 0 Å². The molecule has 0 spiro atoms. The van der Waals surface area contributed by atoms with E-state index < -0.39 is 11.9 Å². The molecule has 19 heavy (non-hydrogen) atoms. The summed E-state index contributed by atoms with van der Waals surface area (Å²) in [6, 6.07) is 0.445. The number of likely N-dealkylation sites (tertiary alicyclic amines) is 1. The molecule has 0 radical (unpaired) electrons. The van der Waals surface area contributed by atoms with Crippen LogP contribution in [0.3, 0.4) is 0 Å². The van der Waals surface area contributed by atoms with Gasteiger partial charge in [-0.3, -0.25) is 4.79 Å². The number of anilines is 1. The monoisotopic (exact) mass is 281 g/mol. The second-order valence-corrected chi connectivity index (χ2v) is 6.59. The smallest absolute Gasteiger partial charge is 0.312 e. The van der Waals surface area contributed by atoms with Crippen molar-refractivity contribution in [3.8, 4) is 0 Å². The molecule has 1 fully saturated rings. The van der Waals surface area contributed by atoms with Crippen molar-refractivity contribution in [2.24, 2.45) is 0 Å². The number of hydrogen-bond acceptors (Lipinski definition) is 5. The topological polar surface area (TPSA) is 65.5 Å². The number of rotatable bonds is 3. The van der Waals surface area contributed by atoms with E-state index in [0.29, 0.717) is 6.04 Å². The molecule has 1 aliphatic heterocycles. The lowest BCUT2D eigenvalue weighted by Gasteiger charge is -2.16. The fourth-order valence-corrected chi connectivity index (χ4v) is 4.09. The Morgan fingerprint density at radius 2 is 2.37 bits per heavy atom. The Balaban J connectivity index is 1.76. The van der Waals surface area contributed by atoms with E-state index in [4.69, 9.17) is 0 Å². The maximum atomic E-state index is 11.3. The molecular formula is C13H19N3O2S. The summed E-state index contributed by atoms with van der Waals surface area (Å²) in [6.07, 6.45) is 3.78. The molecule has 6 heteroatoms. The lowest BCUT2D eigenvalue weighted by Crippen LogP contribution is -2.23. The number of fused-ring (bicyclic) bond motifs is 1. The van der Waals surface area contributed by atoms with Gasteiger partial charge in [-0.1, -0.05) is 0 Å². The van der Waals surface area contributed by atoms with Gasteiger partial charge in [0.15, 0.2) is 5.13 Å². The van der Waals surface area contributed by atoms with Crippen LogP contribution in [0.25, 0.3) is 0 Å². The molecule has 2 aliphatic rings. The van der Waals surface area contributed by atoms with Gasteiger partial charge in [0.1, 0.15) is 5.92 Å². The molecule has 1 aromatic rings. The molecule has 2 heterocycles. The average molecular weight is 281 g/mol. The van der Waals surface area contributed by atoms with Gasteiger partial charge in [-0.05, 0) is 39.3 Å². The van der Waals surface area contributed by atoms with Crippen LogP contribution in [0.2, 0.25) is 0 Å². The molecule has 1 aliphatic carbocycles. The molecule has 0 bridgehead atoms. The Kier molecular flexibility index (Phi) is 3.45. The number of aryl methyl sites for hydroxylation is 1. The van der Waals surface area contributed by atoms with Crippen molar-refractivity contribution in [1.82, 2.24) is 9.88 Å². The molecule has 2 N–H and O–H groups in total. The van der Waals surface area contributed by atoms with Crippen LogP contribution in [-0.2, 0) is 11.2 Å². The molecule has 104 valence electrons. The predicted molar refractivity (Wildman–Crippen MR) is 75.0 cm³/mol. The second-order valence-electron chi connectivity index (χ2n) is 5.50. The number of carboxylic acid groups (broad SMARTS) is 1. The van der Waals surface area contributed by atoms with Gasteiger partial charge >= 0.3 is 5.97 Å². The van der Waals surface area contributed by atoms with Crippen molar-refractivity contribution in [2.75, 3.05) is 25.5 Å². The standard InChI is InChI=1S/C13H19N3O2S/c1-16-6-5-8(7-16)14-13-15-11-9(12(17)18)3-2-4-10(11)19-13/h8-9H,2-7H2,1H3,(H,14,15)(H,17,18). The SMILES string of the molecule is CN1CCC(Nc2nc3c(s2)CCCC3C(=O)O)C1. The highest BCUT2D eigenvalue weighted by Gasteiger charge is 2.30. The lowest BCUT2D eigenvalue weighted by atomic mass is 9.91. The zero-order valence-electron chi connectivity index (χ0n) is 11.1. The van der Waals surface area contributed by atoms with Crippen molar-refractivity contribution < 1.29 is 9.90 Å². The minimum Gasteiger partial charge on any atom is -0.481 e. The molecule has 0 amide bonds. The number of nitrogens with zero attached hydrogens (tertiary/aromatic N) is 2. The first-order valence-electron chi connectivity index (χ1n) is 6.81. The van der Waals surface area contributed by atoms with Gasteiger partial charge in [-0.15, -0.1) is 11.3 Å². The highest BCUT2D eigenvalue weighted by Crippen LogP contribution is 2.37. The minimum atomic E-state index is -0.738. The summed E-state index contributed by atoms with van der Waals surface area (Å²) in [5.74, 6) is -1.14. The normalized spacial score (nSPS) is 27.2. The lowest BCUT2D eigenvalue weighted by molar-refractivity contribution is -0.139. The van der Waals surface area contributed by atoms with Crippen LogP contribution in [0.4, 0.5) is 5.13 Å². The molecule has 3 rings (SSSR count). The summed E-state index contributed by atoms with van der Waals surface area (Å²) < 4.78 is 0. The largest absolute Gasteiger partial charge is 0.481 e. The summed E-state index contributed by atoms with van der Waals surface area (Å²) in [7, 11) is 2.12. The van der Waals surface area contributed by atoms with E-state index in [1.807, 2.05) is 0 Å². The number of hydrogen-bond donors (Lipinski definition) is 2. The summed E-state index contributed by atoms with van der Waals surface area (Å²) >= 11 is 1.64. The number of thiazole rings is 1. The summed E-state index contributed by atoms with van der Waals surface area (Å²) in [5, 5.41) is 13.6. The zero-order chi connectivity index (χ0) is 13.4. The maximum Gasteiger partial charge on any atom is 0.312 e. The number of carbonyl (C=O) groups is 1. The summed E-state index contributed by atoms with van der Waals surface area (Å²) in [5.41, 5.74) is 0.803. The van der Waals surface area contributed by atoms with Crippen LogP contribution >= 0.6 is 11.3 Å². The fraction of sp³-hybridized carbons (Fsp3) is 0.692.